The first-order valence-electron chi connectivity index (χ1n) is 6.20. The second kappa shape index (κ2) is 5.57. The van der Waals surface area contributed by atoms with Gasteiger partial charge in [-0.25, -0.2) is 0 Å². The summed E-state index contributed by atoms with van der Waals surface area (Å²) in [7, 11) is 0. The van der Waals surface area contributed by atoms with Crippen molar-refractivity contribution in [2.75, 3.05) is 0 Å². The van der Waals surface area contributed by atoms with Crippen molar-refractivity contribution in [2.24, 2.45) is 11.7 Å². The van der Waals surface area contributed by atoms with Crippen LogP contribution >= 0.6 is 0 Å². The molecule has 1 aromatic rings. The van der Waals surface area contributed by atoms with Crippen LogP contribution in [0.3, 0.4) is 0 Å². The highest BCUT2D eigenvalue weighted by molar-refractivity contribution is 5.31. The van der Waals surface area contributed by atoms with E-state index in [4.69, 9.17) is 5.73 Å². The van der Waals surface area contributed by atoms with Crippen LogP contribution in [0, 0.1) is 5.92 Å². The number of rotatable bonds is 6. The number of hydrogen-bond donors (Lipinski definition) is 2. The minimum Gasteiger partial charge on any atom is -0.428 e. The second-order valence-electron chi connectivity index (χ2n) is 4.89. The standard InChI is InChI=1S/C13H15F4NO2/c14-12(15)13(16,17)20-9-3-1-2-8(6-9)10(18)11(19)7-4-5-7/h1-3,6-7,10-12,19H,4-5,18H2/t10-,11+/m0/s1. The van der Waals surface area contributed by atoms with E-state index in [2.05, 4.69) is 4.74 Å². The number of halogens is 4. The van der Waals surface area contributed by atoms with Gasteiger partial charge >= 0.3 is 12.5 Å². The van der Waals surface area contributed by atoms with E-state index in [1.165, 1.54) is 12.1 Å². The summed E-state index contributed by atoms with van der Waals surface area (Å²) in [4.78, 5) is 0. The van der Waals surface area contributed by atoms with Gasteiger partial charge in [0, 0.05) is 0 Å². The molecule has 3 nitrogen and oxygen atoms in total. The van der Waals surface area contributed by atoms with Gasteiger partial charge in [-0.1, -0.05) is 12.1 Å². The monoisotopic (exact) mass is 293 g/mol. The Balaban J connectivity index is 2.11. The maximum absolute atomic E-state index is 12.8. The van der Waals surface area contributed by atoms with Crippen molar-refractivity contribution in [3.63, 3.8) is 0 Å². The van der Waals surface area contributed by atoms with Crippen molar-refractivity contribution in [2.45, 2.75) is 37.5 Å². The van der Waals surface area contributed by atoms with Gasteiger partial charge in [0.05, 0.1) is 12.1 Å². The Hall–Kier alpha value is -1.34. The van der Waals surface area contributed by atoms with Crippen molar-refractivity contribution in [3.05, 3.63) is 29.8 Å². The molecule has 0 bridgehead atoms. The first kappa shape index (κ1) is 15.1. The molecule has 0 aliphatic heterocycles. The predicted octanol–water partition coefficient (Wildman–Crippen LogP) is 2.69. The molecule has 3 N–H and O–H groups in total. The van der Waals surface area contributed by atoms with E-state index in [-0.39, 0.29) is 5.92 Å². The summed E-state index contributed by atoms with van der Waals surface area (Å²) >= 11 is 0. The summed E-state index contributed by atoms with van der Waals surface area (Å²) in [5, 5.41) is 9.89. The summed E-state index contributed by atoms with van der Waals surface area (Å²) < 4.78 is 53.7. The molecule has 0 unspecified atom stereocenters. The quantitative estimate of drug-likeness (QED) is 0.793. The molecule has 7 heteroatoms. The van der Waals surface area contributed by atoms with Crippen molar-refractivity contribution >= 4 is 0 Å². The average molecular weight is 293 g/mol. The third-order valence-corrected chi connectivity index (χ3v) is 3.22. The largest absolute Gasteiger partial charge is 0.461 e. The van der Waals surface area contributed by atoms with Crippen molar-refractivity contribution in [1.29, 1.82) is 0 Å². The topological polar surface area (TPSA) is 55.5 Å². The SMILES string of the molecule is N[C@@H](c1cccc(OC(F)(F)C(F)F)c1)[C@H](O)C1CC1. The lowest BCUT2D eigenvalue weighted by Gasteiger charge is -2.21. The number of aliphatic hydroxyl groups excluding tert-OH is 1. The summed E-state index contributed by atoms with van der Waals surface area (Å²) in [6.45, 7) is 0. The molecule has 1 aliphatic carbocycles. The molecule has 0 saturated heterocycles. The molecule has 2 rings (SSSR count). The summed E-state index contributed by atoms with van der Waals surface area (Å²) in [5.41, 5.74) is 6.20. The van der Waals surface area contributed by atoms with Gasteiger partial charge in [0.2, 0.25) is 0 Å². The molecular formula is C13H15F4NO2. The number of benzene rings is 1. The molecule has 1 saturated carbocycles. The molecule has 1 aromatic carbocycles. The third-order valence-electron chi connectivity index (χ3n) is 3.22. The zero-order valence-electron chi connectivity index (χ0n) is 10.5. The number of ether oxygens (including phenoxy) is 1. The molecule has 20 heavy (non-hydrogen) atoms. The van der Waals surface area contributed by atoms with Gasteiger partial charge in [0.1, 0.15) is 5.75 Å². The average Bonchev–Trinajstić information content (AvgIpc) is 3.21. The van der Waals surface area contributed by atoms with Crippen LogP contribution in [0.15, 0.2) is 24.3 Å². The van der Waals surface area contributed by atoms with Crippen molar-refractivity contribution < 1.29 is 27.4 Å². The highest BCUT2D eigenvalue weighted by Crippen LogP contribution is 2.38. The highest BCUT2D eigenvalue weighted by atomic mass is 19.3. The molecule has 0 amide bonds. The van der Waals surface area contributed by atoms with Crippen LogP contribution in [-0.2, 0) is 0 Å². The van der Waals surface area contributed by atoms with Crippen LogP contribution < -0.4 is 10.5 Å². The van der Waals surface area contributed by atoms with E-state index in [0.717, 1.165) is 25.0 Å². The lowest BCUT2D eigenvalue weighted by molar-refractivity contribution is -0.253. The zero-order valence-corrected chi connectivity index (χ0v) is 10.5. The molecule has 1 aliphatic rings. The molecule has 0 heterocycles. The zero-order chi connectivity index (χ0) is 14.9. The van der Waals surface area contributed by atoms with E-state index >= 15 is 0 Å². The first-order chi connectivity index (χ1) is 9.31. The molecule has 0 aromatic heterocycles. The summed E-state index contributed by atoms with van der Waals surface area (Å²) in [6, 6.07) is 4.42. The van der Waals surface area contributed by atoms with Crippen molar-refractivity contribution in [1.82, 2.24) is 0 Å². The van der Waals surface area contributed by atoms with Gasteiger partial charge in [-0.3, -0.25) is 0 Å². The minimum atomic E-state index is -4.56. The molecule has 1 fully saturated rings. The highest BCUT2D eigenvalue weighted by Gasteiger charge is 2.44. The first-order valence-corrected chi connectivity index (χ1v) is 6.20. The Morgan fingerprint density at radius 1 is 1.30 bits per heavy atom. The molecule has 0 radical (unpaired) electrons. The number of hydrogen-bond acceptors (Lipinski definition) is 3. The van der Waals surface area contributed by atoms with Gasteiger partial charge in [-0.15, -0.1) is 0 Å². The van der Waals surface area contributed by atoms with Crippen LogP contribution in [0.2, 0.25) is 0 Å². The van der Waals surface area contributed by atoms with E-state index in [1.54, 1.807) is 0 Å². The predicted molar refractivity (Wildman–Crippen MR) is 63.7 cm³/mol. The van der Waals surface area contributed by atoms with E-state index in [9.17, 15) is 22.7 Å². The number of nitrogens with two attached hydrogens (primary N) is 1. The van der Waals surface area contributed by atoms with Crippen LogP contribution in [0.4, 0.5) is 17.6 Å². The summed E-state index contributed by atoms with van der Waals surface area (Å²) in [5.74, 6) is -0.302. The number of alkyl halides is 4. The minimum absolute atomic E-state index is 0.108. The van der Waals surface area contributed by atoms with E-state index < -0.39 is 30.4 Å². The van der Waals surface area contributed by atoms with Crippen LogP contribution in [0.5, 0.6) is 5.75 Å². The number of aliphatic hydroxyl groups is 1. The molecule has 2 atom stereocenters. The van der Waals surface area contributed by atoms with E-state index in [0.29, 0.717) is 5.56 Å². The summed E-state index contributed by atoms with van der Waals surface area (Å²) in [6.07, 6.45) is -7.52. The molecular weight excluding hydrogens is 278 g/mol. The Labute approximate surface area is 113 Å². The normalized spacial score (nSPS) is 18.9. The van der Waals surface area contributed by atoms with Crippen molar-refractivity contribution in [3.8, 4) is 5.75 Å². The Morgan fingerprint density at radius 3 is 2.50 bits per heavy atom. The van der Waals surface area contributed by atoms with Crippen LogP contribution in [0.25, 0.3) is 0 Å². The molecule has 112 valence electrons. The maximum atomic E-state index is 12.8. The second-order valence-corrected chi connectivity index (χ2v) is 4.89. The maximum Gasteiger partial charge on any atom is 0.461 e. The Kier molecular flexibility index (Phi) is 4.19. The fourth-order valence-corrected chi connectivity index (χ4v) is 1.92. The fraction of sp³-hybridized carbons (Fsp3) is 0.538. The van der Waals surface area contributed by atoms with E-state index in [1.807, 2.05) is 0 Å². The lowest BCUT2D eigenvalue weighted by atomic mass is 9.99. The molecule has 0 spiro atoms. The van der Waals surface area contributed by atoms with Crippen LogP contribution in [0.1, 0.15) is 24.4 Å². The smallest absolute Gasteiger partial charge is 0.428 e. The lowest BCUT2D eigenvalue weighted by Crippen LogP contribution is -2.33. The third kappa shape index (κ3) is 3.40. The van der Waals surface area contributed by atoms with Gasteiger partial charge in [-0.05, 0) is 36.5 Å². The Bertz CT molecular complexity index is 465. The van der Waals surface area contributed by atoms with Crippen LogP contribution in [-0.4, -0.2) is 23.7 Å². The van der Waals surface area contributed by atoms with Gasteiger partial charge < -0.3 is 15.6 Å². The van der Waals surface area contributed by atoms with Gasteiger partial charge in [-0.2, -0.15) is 17.6 Å². The van der Waals surface area contributed by atoms with Gasteiger partial charge in [0.25, 0.3) is 0 Å². The Morgan fingerprint density at radius 2 is 1.95 bits per heavy atom. The van der Waals surface area contributed by atoms with Gasteiger partial charge in [0.15, 0.2) is 0 Å². The fourth-order valence-electron chi connectivity index (χ4n) is 1.92.